The van der Waals surface area contributed by atoms with E-state index in [9.17, 15) is 0 Å². The number of H-pyrrole nitrogens is 1. The summed E-state index contributed by atoms with van der Waals surface area (Å²) in [5.41, 5.74) is 8.66. The molecule has 2 heterocycles. The lowest BCUT2D eigenvalue weighted by Gasteiger charge is -1.99. The van der Waals surface area contributed by atoms with Gasteiger partial charge in [0.1, 0.15) is 5.75 Å². The number of hydrogen-bond donors (Lipinski definition) is 2. The van der Waals surface area contributed by atoms with Crippen LogP contribution in [0.15, 0.2) is 29.8 Å². The van der Waals surface area contributed by atoms with Gasteiger partial charge in [-0.2, -0.15) is 0 Å². The number of benzene rings is 1. The molecule has 0 radical (unpaired) electrons. The Labute approximate surface area is 114 Å². The SMILES string of the molecule is COc1ccc2[nH]cc(C=Cc3csc(N)n3)c2c1. The Morgan fingerprint density at radius 3 is 3.00 bits per heavy atom. The molecule has 3 aromatic rings. The maximum atomic E-state index is 5.61. The summed E-state index contributed by atoms with van der Waals surface area (Å²) in [6.07, 6.45) is 5.94. The summed E-state index contributed by atoms with van der Waals surface area (Å²) < 4.78 is 5.25. The molecule has 4 nitrogen and oxygen atoms in total. The molecule has 0 aliphatic heterocycles. The molecule has 0 spiro atoms. The van der Waals surface area contributed by atoms with E-state index in [2.05, 4.69) is 9.97 Å². The average Bonchev–Trinajstić information content (AvgIpc) is 3.02. The first-order valence-corrected chi connectivity index (χ1v) is 6.68. The highest BCUT2D eigenvalue weighted by atomic mass is 32.1. The van der Waals surface area contributed by atoms with Gasteiger partial charge in [0.05, 0.1) is 12.8 Å². The quantitative estimate of drug-likeness (QED) is 0.767. The summed E-state index contributed by atoms with van der Waals surface area (Å²) in [5, 5.41) is 3.64. The molecule has 0 amide bonds. The molecule has 3 rings (SSSR count). The second-order valence-corrected chi connectivity index (χ2v) is 4.99. The number of rotatable bonds is 3. The number of ether oxygens (including phenoxy) is 1. The van der Waals surface area contributed by atoms with Crippen LogP contribution in [0, 0.1) is 0 Å². The van der Waals surface area contributed by atoms with Crippen molar-refractivity contribution in [1.82, 2.24) is 9.97 Å². The summed E-state index contributed by atoms with van der Waals surface area (Å²) in [4.78, 5) is 7.43. The minimum absolute atomic E-state index is 0.584. The van der Waals surface area contributed by atoms with Crippen LogP contribution >= 0.6 is 11.3 Å². The number of hydrogen-bond acceptors (Lipinski definition) is 4. The number of methoxy groups -OCH3 is 1. The zero-order chi connectivity index (χ0) is 13.2. The third kappa shape index (κ3) is 2.32. The van der Waals surface area contributed by atoms with Crippen LogP contribution in [0.4, 0.5) is 5.13 Å². The molecule has 0 aliphatic carbocycles. The molecule has 19 heavy (non-hydrogen) atoms. The largest absolute Gasteiger partial charge is 0.497 e. The molecule has 0 bridgehead atoms. The number of nitrogens with zero attached hydrogens (tertiary/aromatic N) is 1. The van der Waals surface area contributed by atoms with E-state index in [1.165, 1.54) is 11.3 Å². The molecule has 0 unspecified atom stereocenters. The highest BCUT2D eigenvalue weighted by Crippen LogP contribution is 2.25. The van der Waals surface area contributed by atoms with E-state index in [1.807, 2.05) is 41.9 Å². The van der Waals surface area contributed by atoms with Crippen LogP contribution in [0.25, 0.3) is 23.1 Å². The van der Waals surface area contributed by atoms with E-state index in [-0.39, 0.29) is 0 Å². The smallest absolute Gasteiger partial charge is 0.180 e. The van der Waals surface area contributed by atoms with Crippen molar-refractivity contribution >= 4 is 39.5 Å². The Morgan fingerprint density at radius 2 is 2.26 bits per heavy atom. The second kappa shape index (κ2) is 4.78. The fraction of sp³-hybridized carbons (Fsp3) is 0.0714. The zero-order valence-corrected chi connectivity index (χ0v) is 11.2. The van der Waals surface area contributed by atoms with E-state index >= 15 is 0 Å². The molecule has 0 saturated carbocycles. The normalized spacial score (nSPS) is 11.4. The number of nitrogens with two attached hydrogens (primary N) is 1. The lowest BCUT2D eigenvalue weighted by atomic mass is 10.1. The Balaban J connectivity index is 1.98. The number of nitrogens with one attached hydrogen (secondary N) is 1. The molecule has 2 aromatic heterocycles. The first-order valence-electron chi connectivity index (χ1n) is 5.80. The van der Waals surface area contributed by atoms with Crippen molar-refractivity contribution in [3.63, 3.8) is 0 Å². The van der Waals surface area contributed by atoms with Gasteiger partial charge in [-0.25, -0.2) is 4.98 Å². The minimum Gasteiger partial charge on any atom is -0.497 e. The fourth-order valence-corrected chi connectivity index (χ4v) is 2.47. The zero-order valence-electron chi connectivity index (χ0n) is 10.4. The van der Waals surface area contributed by atoms with Gasteiger partial charge in [0.2, 0.25) is 0 Å². The topological polar surface area (TPSA) is 63.9 Å². The summed E-state index contributed by atoms with van der Waals surface area (Å²) in [7, 11) is 1.67. The van der Waals surface area contributed by atoms with Gasteiger partial charge in [0, 0.05) is 22.5 Å². The van der Waals surface area contributed by atoms with Crippen molar-refractivity contribution in [3.8, 4) is 5.75 Å². The van der Waals surface area contributed by atoms with E-state index in [0.29, 0.717) is 5.13 Å². The first-order chi connectivity index (χ1) is 9.26. The number of fused-ring (bicyclic) bond motifs is 1. The van der Waals surface area contributed by atoms with Crippen molar-refractivity contribution in [2.75, 3.05) is 12.8 Å². The molecule has 0 aliphatic rings. The molecule has 0 atom stereocenters. The lowest BCUT2D eigenvalue weighted by Crippen LogP contribution is -1.82. The Bertz CT molecular complexity index is 742. The van der Waals surface area contributed by atoms with E-state index < -0.39 is 0 Å². The van der Waals surface area contributed by atoms with Gasteiger partial charge in [-0.05, 0) is 29.8 Å². The van der Waals surface area contributed by atoms with Crippen LogP contribution in [-0.2, 0) is 0 Å². The van der Waals surface area contributed by atoms with Crippen molar-refractivity contribution in [1.29, 1.82) is 0 Å². The van der Waals surface area contributed by atoms with Gasteiger partial charge in [-0.3, -0.25) is 0 Å². The Morgan fingerprint density at radius 1 is 1.37 bits per heavy atom. The van der Waals surface area contributed by atoms with Gasteiger partial charge in [0.25, 0.3) is 0 Å². The minimum atomic E-state index is 0.584. The van der Waals surface area contributed by atoms with Crippen molar-refractivity contribution in [2.24, 2.45) is 0 Å². The lowest BCUT2D eigenvalue weighted by molar-refractivity contribution is 0.415. The maximum Gasteiger partial charge on any atom is 0.180 e. The Kier molecular flexibility index (Phi) is 2.97. The second-order valence-electron chi connectivity index (χ2n) is 4.10. The van der Waals surface area contributed by atoms with Crippen LogP contribution in [0.5, 0.6) is 5.75 Å². The van der Waals surface area contributed by atoms with Crippen LogP contribution < -0.4 is 10.5 Å². The van der Waals surface area contributed by atoms with Gasteiger partial charge in [-0.15, -0.1) is 11.3 Å². The predicted octanol–water partition coefficient (Wildman–Crippen LogP) is 3.39. The first kappa shape index (κ1) is 11.8. The molecule has 0 saturated heterocycles. The number of nitrogen functional groups attached to an aromatic ring is 1. The highest BCUT2D eigenvalue weighted by Gasteiger charge is 2.03. The molecule has 0 fully saturated rings. The number of anilines is 1. The van der Waals surface area contributed by atoms with Crippen molar-refractivity contribution in [3.05, 3.63) is 41.0 Å². The van der Waals surface area contributed by atoms with Crippen LogP contribution in [0.1, 0.15) is 11.3 Å². The summed E-state index contributed by atoms with van der Waals surface area (Å²) in [6.45, 7) is 0. The van der Waals surface area contributed by atoms with Crippen LogP contribution in [-0.4, -0.2) is 17.1 Å². The number of aromatic amines is 1. The monoisotopic (exact) mass is 271 g/mol. The van der Waals surface area contributed by atoms with E-state index in [4.69, 9.17) is 10.5 Å². The molecular weight excluding hydrogens is 258 g/mol. The van der Waals surface area contributed by atoms with Gasteiger partial charge >= 0.3 is 0 Å². The summed E-state index contributed by atoms with van der Waals surface area (Å²) in [6, 6.07) is 5.96. The number of aromatic nitrogens is 2. The fourth-order valence-electron chi connectivity index (χ4n) is 1.94. The Hall–Kier alpha value is -2.27. The molecule has 96 valence electrons. The van der Waals surface area contributed by atoms with Crippen molar-refractivity contribution < 1.29 is 4.74 Å². The third-order valence-corrected chi connectivity index (χ3v) is 3.59. The highest BCUT2D eigenvalue weighted by molar-refractivity contribution is 7.13. The van der Waals surface area contributed by atoms with Gasteiger partial charge in [-0.1, -0.05) is 6.08 Å². The molecule has 1 aromatic carbocycles. The average molecular weight is 271 g/mol. The van der Waals surface area contributed by atoms with E-state index in [0.717, 1.165) is 27.9 Å². The van der Waals surface area contributed by atoms with Gasteiger partial charge < -0.3 is 15.5 Å². The van der Waals surface area contributed by atoms with Crippen LogP contribution in [0.3, 0.4) is 0 Å². The molecule has 3 N–H and O–H groups in total. The standard InChI is InChI=1S/C14H13N3OS/c1-18-11-4-5-13-12(6-11)9(7-16-13)2-3-10-8-19-14(15)17-10/h2-8,16H,1H3,(H2,15,17). The summed E-state index contributed by atoms with van der Waals surface area (Å²) >= 11 is 1.44. The van der Waals surface area contributed by atoms with Crippen molar-refractivity contribution in [2.45, 2.75) is 0 Å². The summed E-state index contributed by atoms with van der Waals surface area (Å²) in [5.74, 6) is 0.847. The number of thiazole rings is 1. The molecule has 5 heteroatoms. The third-order valence-electron chi connectivity index (χ3n) is 2.89. The maximum absolute atomic E-state index is 5.61. The van der Waals surface area contributed by atoms with Crippen LogP contribution in [0.2, 0.25) is 0 Å². The predicted molar refractivity (Wildman–Crippen MR) is 80.3 cm³/mol. The molecular formula is C14H13N3OS. The van der Waals surface area contributed by atoms with E-state index in [1.54, 1.807) is 7.11 Å². The van der Waals surface area contributed by atoms with Gasteiger partial charge in [0.15, 0.2) is 5.13 Å².